The van der Waals surface area contributed by atoms with E-state index in [4.69, 9.17) is 10.7 Å². The first kappa shape index (κ1) is 19.4. The molecule has 4 N–H and O–H groups in total. The van der Waals surface area contributed by atoms with Crippen molar-refractivity contribution in [2.75, 3.05) is 17.2 Å². The number of pyridine rings is 1. The second-order valence-electron chi connectivity index (χ2n) is 7.14. The van der Waals surface area contributed by atoms with Gasteiger partial charge in [-0.2, -0.15) is 0 Å². The Kier molecular flexibility index (Phi) is 5.10. The molecule has 6 nitrogen and oxygen atoms in total. The first-order valence-electron chi connectivity index (χ1n) is 9.56. The molecule has 0 saturated heterocycles. The number of para-hydroxylation sites is 2. The molecule has 2 aromatic carbocycles. The molecule has 4 rings (SSSR count). The molecule has 30 heavy (non-hydrogen) atoms. The number of amides is 1. The fraction of sp³-hybridized carbons (Fsp3) is 0.130. The maximum absolute atomic E-state index is 14.1. The highest BCUT2D eigenvalue weighted by Gasteiger charge is 2.19. The number of hydrogen-bond acceptors (Lipinski definition) is 4. The molecule has 0 bridgehead atoms. The van der Waals surface area contributed by atoms with Crippen molar-refractivity contribution < 1.29 is 9.18 Å². The highest BCUT2D eigenvalue weighted by molar-refractivity contribution is 5.88. The number of carbonyl (C=O) groups is 1. The number of fused-ring (bicyclic) bond motifs is 1. The first-order valence-corrected chi connectivity index (χ1v) is 9.56. The van der Waals surface area contributed by atoms with Crippen molar-refractivity contribution in [2.24, 2.45) is 5.73 Å². The minimum Gasteiger partial charge on any atom is -0.376 e. The highest BCUT2D eigenvalue weighted by atomic mass is 19.1. The number of halogens is 1. The summed E-state index contributed by atoms with van der Waals surface area (Å²) in [7, 11) is 0. The van der Waals surface area contributed by atoms with E-state index in [1.54, 1.807) is 10.5 Å². The van der Waals surface area contributed by atoms with Gasteiger partial charge < -0.3 is 16.4 Å². The number of benzene rings is 2. The number of imidazole rings is 1. The van der Waals surface area contributed by atoms with Crippen molar-refractivity contribution in [3.05, 3.63) is 77.7 Å². The Morgan fingerprint density at radius 2 is 1.80 bits per heavy atom. The number of carbonyl (C=O) groups excluding carboxylic acids is 1. The van der Waals surface area contributed by atoms with Crippen LogP contribution in [-0.2, 0) is 4.79 Å². The summed E-state index contributed by atoms with van der Waals surface area (Å²) in [6, 6.07) is 16.5. The third kappa shape index (κ3) is 3.69. The molecule has 1 amide bonds. The monoisotopic (exact) mass is 403 g/mol. The van der Waals surface area contributed by atoms with E-state index in [9.17, 15) is 9.18 Å². The Bertz CT molecular complexity index is 1230. The number of hydrogen-bond donors (Lipinski definition) is 3. The van der Waals surface area contributed by atoms with E-state index < -0.39 is 5.91 Å². The van der Waals surface area contributed by atoms with Crippen LogP contribution in [0, 0.1) is 19.7 Å². The van der Waals surface area contributed by atoms with Gasteiger partial charge in [0, 0.05) is 23.1 Å². The summed E-state index contributed by atoms with van der Waals surface area (Å²) in [5, 5.41) is 6.52. The normalized spacial score (nSPS) is 10.9. The van der Waals surface area contributed by atoms with Gasteiger partial charge >= 0.3 is 0 Å². The van der Waals surface area contributed by atoms with Crippen LogP contribution in [0.3, 0.4) is 0 Å². The Morgan fingerprint density at radius 1 is 1.07 bits per heavy atom. The summed E-state index contributed by atoms with van der Waals surface area (Å²) < 4.78 is 15.8. The van der Waals surface area contributed by atoms with Gasteiger partial charge in [-0.05, 0) is 43.2 Å². The lowest BCUT2D eigenvalue weighted by molar-refractivity contribution is -0.116. The predicted molar refractivity (Wildman–Crippen MR) is 117 cm³/mol. The summed E-state index contributed by atoms with van der Waals surface area (Å²) in [6.07, 6.45) is 1.40. The third-order valence-corrected chi connectivity index (χ3v) is 4.94. The third-order valence-electron chi connectivity index (χ3n) is 4.94. The number of aromatic nitrogens is 2. The fourth-order valence-electron chi connectivity index (χ4n) is 3.48. The van der Waals surface area contributed by atoms with Crippen LogP contribution in [0.5, 0.6) is 0 Å². The maximum atomic E-state index is 14.1. The Hall–Kier alpha value is -3.87. The van der Waals surface area contributed by atoms with Crippen LogP contribution in [0.15, 0.2) is 60.8 Å². The Balaban J connectivity index is 1.91. The molecular formula is C23H22FN5O. The van der Waals surface area contributed by atoms with Crippen LogP contribution < -0.4 is 16.4 Å². The maximum Gasteiger partial charge on any atom is 0.236 e. The molecule has 0 aliphatic carbocycles. The molecule has 0 fully saturated rings. The molecule has 0 unspecified atom stereocenters. The van der Waals surface area contributed by atoms with Gasteiger partial charge in [0.1, 0.15) is 23.0 Å². The fourth-order valence-corrected chi connectivity index (χ4v) is 3.48. The van der Waals surface area contributed by atoms with Crippen LogP contribution in [-0.4, -0.2) is 21.8 Å². The van der Waals surface area contributed by atoms with Gasteiger partial charge in [-0.3, -0.25) is 9.20 Å². The summed E-state index contributed by atoms with van der Waals surface area (Å²) in [5.41, 5.74) is 11.1. The minimum absolute atomic E-state index is 0.00131. The SMILES string of the molecule is Cc1cccc(C)c1Nc1c(-c2ccccc2NCC(N)=O)nc2ccc(F)cn12. The summed E-state index contributed by atoms with van der Waals surface area (Å²) in [4.78, 5) is 16.0. The molecular weight excluding hydrogens is 381 g/mol. The first-order chi connectivity index (χ1) is 14.4. The second-order valence-corrected chi connectivity index (χ2v) is 7.14. The number of anilines is 3. The lowest BCUT2D eigenvalue weighted by atomic mass is 10.1. The number of nitrogens with one attached hydrogen (secondary N) is 2. The molecule has 0 radical (unpaired) electrons. The standard InChI is InChI=1S/C23H22FN5O/c1-14-6-5-7-15(2)21(14)28-23-22(27-20-11-10-16(24)13-29(20)23)17-8-3-4-9-18(17)26-12-19(25)30/h3-11,13,26,28H,12H2,1-2H3,(H2,25,30). The number of rotatable bonds is 6. The smallest absolute Gasteiger partial charge is 0.236 e. The summed E-state index contributed by atoms with van der Waals surface area (Å²) >= 11 is 0. The van der Waals surface area contributed by atoms with Crippen molar-refractivity contribution in [2.45, 2.75) is 13.8 Å². The topological polar surface area (TPSA) is 84.5 Å². The molecule has 0 atom stereocenters. The molecule has 0 aliphatic heterocycles. The molecule has 2 heterocycles. The van der Waals surface area contributed by atoms with Crippen LogP contribution in [0.25, 0.3) is 16.9 Å². The molecule has 0 aliphatic rings. The second kappa shape index (κ2) is 7.87. The zero-order valence-electron chi connectivity index (χ0n) is 16.7. The molecule has 4 aromatic rings. The molecule has 7 heteroatoms. The van der Waals surface area contributed by atoms with Gasteiger partial charge in [0.25, 0.3) is 0 Å². The zero-order valence-corrected chi connectivity index (χ0v) is 16.7. The van der Waals surface area contributed by atoms with Gasteiger partial charge in [0.2, 0.25) is 5.91 Å². The number of nitrogens with zero attached hydrogens (tertiary/aromatic N) is 2. The highest BCUT2D eigenvalue weighted by Crippen LogP contribution is 2.36. The molecule has 0 saturated carbocycles. The van der Waals surface area contributed by atoms with E-state index in [2.05, 4.69) is 10.6 Å². The number of primary amides is 1. The molecule has 0 spiro atoms. The van der Waals surface area contributed by atoms with Gasteiger partial charge in [-0.1, -0.05) is 36.4 Å². The Morgan fingerprint density at radius 3 is 2.53 bits per heavy atom. The quantitative estimate of drug-likeness (QED) is 0.446. The van der Waals surface area contributed by atoms with Crippen LogP contribution in [0.4, 0.5) is 21.6 Å². The van der Waals surface area contributed by atoms with Crippen molar-refractivity contribution in [3.63, 3.8) is 0 Å². The zero-order chi connectivity index (χ0) is 21.3. The number of aryl methyl sites for hydroxylation is 2. The Labute approximate surface area is 173 Å². The van der Waals surface area contributed by atoms with Crippen LogP contribution in [0.2, 0.25) is 0 Å². The van der Waals surface area contributed by atoms with E-state index in [1.165, 1.54) is 12.3 Å². The van der Waals surface area contributed by atoms with Crippen molar-refractivity contribution in [1.29, 1.82) is 0 Å². The van der Waals surface area contributed by atoms with Crippen molar-refractivity contribution in [3.8, 4) is 11.3 Å². The van der Waals surface area contributed by atoms with E-state index >= 15 is 0 Å². The average molecular weight is 403 g/mol. The van der Waals surface area contributed by atoms with E-state index in [0.717, 1.165) is 22.4 Å². The average Bonchev–Trinajstić information content (AvgIpc) is 3.07. The van der Waals surface area contributed by atoms with Crippen molar-refractivity contribution >= 4 is 28.7 Å². The largest absolute Gasteiger partial charge is 0.376 e. The van der Waals surface area contributed by atoms with Gasteiger partial charge in [0.05, 0.1) is 6.54 Å². The molecule has 2 aromatic heterocycles. The van der Waals surface area contributed by atoms with Crippen molar-refractivity contribution in [1.82, 2.24) is 9.38 Å². The number of nitrogens with two attached hydrogens (primary N) is 1. The van der Waals surface area contributed by atoms with Gasteiger partial charge in [-0.25, -0.2) is 9.37 Å². The van der Waals surface area contributed by atoms with Gasteiger partial charge in [0.15, 0.2) is 0 Å². The summed E-state index contributed by atoms with van der Waals surface area (Å²) in [5.74, 6) is -0.192. The predicted octanol–water partition coefficient (Wildman–Crippen LogP) is 4.40. The van der Waals surface area contributed by atoms with Gasteiger partial charge in [-0.15, -0.1) is 0 Å². The molecule has 152 valence electrons. The van der Waals surface area contributed by atoms with Crippen LogP contribution >= 0.6 is 0 Å². The van der Waals surface area contributed by atoms with E-state index in [0.29, 0.717) is 22.8 Å². The van der Waals surface area contributed by atoms with E-state index in [-0.39, 0.29) is 12.4 Å². The summed E-state index contributed by atoms with van der Waals surface area (Å²) in [6.45, 7) is 4.03. The minimum atomic E-state index is -0.462. The lowest BCUT2D eigenvalue weighted by Crippen LogP contribution is -2.22. The van der Waals surface area contributed by atoms with Crippen LogP contribution in [0.1, 0.15) is 11.1 Å². The lowest BCUT2D eigenvalue weighted by Gasteiger charge is -2.15. The van der Waals surface area contributed by atoms with E-state index in [1.807, 2.05) is 56.3 Å².